The van der Waals surface area contributed by atoms with E-state index in [4.69, 9.17) is 4.74 Å². The number of hydrogen-bond acceptors (Lipinski definition) is 4. The van der Waals surface area contributed by atoms with E-state index in [0.717, 1.165) is 16.9 Å². The van der Waals surface area contributed by atoms with Gasteiger partial charge in [0.05, 0.1) is 11.0 Å². The predicted octanol–water partition coefficient (Wildman–Crippen LogP) is 2.93. The molecule has 0 aliphatic heterocycles. The summed E-state index contributed by atoms with van der Waals surface area (Å²) < 4.78 is 32.3. The van der Waals surface area contributed by atoms with E-state index in [2.05, 4.69) is 10.0 Å². The fourth-order valence-electron chi connectivity index (χ4n) is 2.59. The van der Waals surface area contributed by atoms with Crippen LogP contribution in [-0.4, -0.2) is 27.5 Å². The van der Waals surface area contributed by atoms with Crippen LogP contribution in [0.25, 0.3) is 0 Å². The molecule has 0 radical (unpaired) electrons. The van der Waals surface area contributed by atoms with Crippen molar-refractivity contribution >= 4 is 15.9 Å². The van der Waals surface area contributed by atoms with Gasteiger partial charge in [-0.05, 0) is 75.7 Å². The molecule has 2 aromatic carbocycles. The van der Waals surface area contributed by atoms with E-state index in [1.54, 1.807) is 19.9 Å². The van der Waals surface area contributed by atoms with Gasteiger partial charge >= 0.3 is 0 Å². The summed E-state index contributed by atoms with van der Waals surface area (Å²) in [7, 11) is -2.28. The average molecular weight is 391 g/mol. The lowest BCUT2D eigenvalue weighted by Gasteiger charge is -2.13. The highest BCUT2D eigenvalue weighted by Gasteiger charge is 2.19. The Morgan fingerprint density at radius 3 is 2.30 bits per heavy atom. The molecule has 0 aliphatic carbocycles. The molecular weight excluding hydrogens is 364 g/mol. The molecule has 0 fully saturated rings. The minimum Gasteiger partial charge on any atom is -0.491 e. The lowest BCUT2D eigenvalue weighted by Crippen LogP contribution is -2.25. The Morgan fingerprint density at radius 1 is 1.11 bits per heavy atom. The number of hydrogen-bond donors (Lipinski definition) is 2. The number of amides is 1. The molecule has 0 unspecified atom stereocenters. The van der Waals surface area contributed by atoms with Crippen LogP contribution >= 0.6 is 0 Å². The van der Waals surface area contributed by atoms with E-state index in [1.165, 1.54) is 13.1 Å². The smallest absolute Gasteiger partial charge is 0.251 e. The summed E-state index contributed by atoms with van der Waals surface area (Å²) in [6, 6.07) is 10.6. The van der Waals surface area contributed by atoms with Crippen molar-refractivity contribution in [3.63, 3.8) is 0 Å². The quantitative estimate of drug-likeness (QED) is 0.761. The third kappa shape index (κ3) is 5.30. The van der Waals surface area contributed by atoms with Gasteiger partial charge in [-0.1, -0.05) is 12.1 Å². The molecule has 0 heterocycles. The highest BCUT2D eigenvalue weighted by molar-refractivity contribution is 7.89. The van der Waals surface area contributed by atoms with E-state index in [-0.39, 0.29) is 16.9 Å². The van der Waals surface area contributed by atoms with Crippen LogP contribution in [-0.2, 0) is 16.6 Å². The molecule has 0 aromatic heterocycles. The van der Waals surface area contributed by atoms with Crippen LogP contribution in [0.5, 0.6) is 5.75 Å². The molecule has 0 bridgehead atoms. The van der Waals surface area contributed by atoms with Crippen LogP contribution in [0.1, 0.15) is 40.9 Å². The molecule has 0 saturated carbocycles. The first-order valence-electron chi connectivity index (χ1n) is 8.72. The van der Waals surface area contributed by atoms with E-state index in [1.807, 2.05) is 38.1 Å². The number of aryl methyl sites for hydroxylation is 1. The molecule has 6 nitrogen and oxygen atoms in total. The topological polar surface area (TPSA) is 84.5 Å². The molecule has 2 rings (SSSR count). The maximum Gasteiger partial charge on any atom is 0.251 e. The maximum atomic E-state index is 12.5. The number of carbonyl (C=O) groups excluding carboxylic acids is 1. The molecule has 27 heavy (non-hydrogen) atoms. The number of rotatable bonds is 7. The highest BCUT2D eigenvalue weighted by atomic mass is 32.2. The van der Waals surface area contributed by atoms with Gasteiger partial charge < -0.3 is 10.1 Å². The first-order valence-corrected chi connectivity index (χ1v) is 10.2. The Balaban J connectivity index is 2.14. The lowest BCUT2D eigenvalue weighted by atomic mass is 10.1. The summed E-state index contributed by atoms with van der Waals surface area (Å²) in [4.78, 5) is 12.6. The van der Waals surface area contributed by atoms with Gasteiger partial charge in [-0.2, -0.15) is 0 Å². The van der Waals surface area contributed by atoms with Crippen molar-refractivity contribution in [2.24, 2.45) is 0 Å². The molecule has 7 heteroatoms. The van der Waals surface area contributed by atoms with Crippen molar-refractivity contribution in [1.29, 1.82) is 0 Å². The van der Waals surface area contributed by atoms with Gasteiger partial charge in [-0.25, -0.2) is 13.1 Å². The summed E-state index contributed by atoms with van der Waals surface area (Å²) in [5.41, 5.74) is 2.60. The highest BCUT2D eigenvalue weighted by Crippen LogP contribution is 2.21. The number of carbonyl (C=O) groups is 1. The van der Waals surface area contributed by atoms with Crippen molar-refractivity contribution in [3.05, 3.63) is 58.7 Å². The number of nitrogens with one attached hydrogen (secondary N) is 2. The Kier molecular flexibility index (Phi) is 6.62. The molecule has 2 aromatic rings. The fourth-order valence-corrected chi connectivity index (χ4v) is 3.66. The zero-order valence-corrected chi connectivity index (χ0v) is 17.1. The van der Waals surface area contributed by atoms with Gasteiger partial charge in [-0.3, -0.25) is 4.79 Å². The number of ether oxygens (including phenoxy) is 1. The summed E-state index contributed by atoms with van der Waals surface area (Å²) in [6.07, 6.45) is 0.100. The predicted molar refractivity (Wildman–Crippen MR) is 106 cm³/mol. The summed E-state index contributed by atoms with van der Waals surface area (Å²) in [6.45, 7) is 7.76. The first-order chi connectivity index (χ1) is 12.6. The van der Waals surface area contributed by atoms with Gasteiger partial charge in [0, 0.05) is 12.1 Å². The third-order valence-corrected chi connectivity index (χ3v) is 5.73. The fraction of sp³-hybridized carbons (Fsp3) is 0.350. The second-order valence-corrected chi connectivity index (χ2v) is 8.47. The van der Waals surface area contributed by atoms with Gasteiger partial charge in [0.2, 0.25) is 10.0 Å². The Bertz CT molecular complexity index is 920. The largest absolute Gasteiger partial charge is 0.491 e. The molecule has 146 valence electrons. The van der Waals surface area contributed by atoms with Crippen LogP contribution in [0.4, 0.5) is 0 Å². The van der Waals surface area contributed by atoms with E-state index in [0.29, 0.717) is 17.7 Å². The second-order valence-electron chi connectivity index (χ2n) is 6.62. The standard InChI is InChI=1S/C20H26N2O4S/c1-13(2)26-18-8-6-16(7-9-18)12-22-20(23)17-10-14(3)15(4)19(11-17)27(24,25)21-5/h6-11,13,21H,12H2,1-5H3,(H,22,23). The van der Waals surface area contributed by atoms with Gasteiger partial charge in [0.15, 0.2) is 0 Å². The van der Waals surface area contributed by atoms with Gasteiger partial charge in [0.25, 0.3) is 5.91 Å². The third-order valence-electron chi connectivity index (χ3n) is 4.19. The van der Waals surface area contributed by atoms with Crippen LogP contribution < -0.4 is 14.8 Å². The summed E-state index contributed by atoms with van der Waals surface area (Å²) >= 11 is 0. The summed E-state index contributed by atoms with van der Waals surface area (Å²) in [5, 5.41) is 2.82. The molecule has 2 N–H and O–H groups in total. The van der Waals surface area contributed by atoms with Crippen molar-refractivity contribution in [2.45, 2.75) is 45.2 Å². The molecular formula is C20H26N2O4S. The van der Waals surface area contributed by atoms with Crippen molar-refractivity contribution < 1.29 is 17.9 Å². The second kappa shape index (κ2) is 8.54. The van der Waals surface area contributed by atoms with E-state index >= 15 is 0 Å². The number of benzene rings is 2. The Hall–Kier alpha value is -2.38. The van der Waals surface area contributed by atoms with Crippen LogP contribution in [0.15, 0.2) is 41.3 Å². The minimum atomic E-state index is -3.63. The van der Waals surface area contributed by atoms with E-state index in [9.17, 15) is 13.2 Å². The number of sulfonamides is 1. The maximum absolute atomic E-state index is 12.5. The van der Waals surface area contributed by atoms with Crippen molar-refractivity contribution in [3.8, 4) is 5.75 Å². The molecule has 0 atom stereocenters. The van der Waals surface area contributed by atoms with Crippen LogP contribution in [0.3, 0.4) is 0 Å². The Labute approximate surface area is 161 Å². The van der Waals surface area contributed by atoms with Gasteiger partial charge in [0.1, 0.15) is 5.75 Å². The molecule has 0 saturated heterocycles. The zero-order chi connectivity index (χ0) is 20.2. The van der Waals surface area contributed by atoms with Gasteiger partial charge in [-0.15, -0.1) is 0 Å². The van der Waals surface area contributed by atoms with Crippen LogP contribution in [0, 0.1) is 13.8 Å². The van der Waals surface area contributed by atoms with Crippen molar-refractivity contribution in [1.82, 2.24) is 10.0 Å². The SMILES string of the molecule is CNS(=O)(=O)c1cc(C(=O)NCc2ccc(OC(C)C)cc2)cc(C)c1C. The molecule has 0 spiro atoms. The minimum absolute atomic E-state index is 0.100. The average Bonchev–Trinajstić information content (AvgIpc) is 2.62. The molecule has 0 aliphatic rings. The monoisotopic (exact) mass is 390 g/mol. The van der Waals surface area contributed by atoms with Crippen LogP contribution in [0.2, 0.25) is 0 Å². The summed E-state index contributed by atoms with van der Waals surface area (Å²) in [5.74, 6) is 0.448. The molecule has 1 amide bonds. The normalized spacial score (nSPS) is 11.5. The van der Waals surface area contributed by atoms with Crippen molar-refractivity contribution in [2.75, 3.05) is 7.05 Å². The Morgan fingerprint density at radius 2 is 1.74 bits per heavy atom. The van der Waals surface area contributed by atoms with E-state index < -0.39 is 10.0 Å². The zero-order valence-electron chi connectivity index (χ0n) is 16.3. The first kappa shape index (κ1) is 20.9. The lowest BCUT2D eigenvalue weighted by molar-refractivity contribution is 0.0950.